The molecule has 1 aliphatic rings. The van der Waals surface area contributed by atoms with Crippen LogP contribution in [0.4, 0.5) is 0 Å². The van der Waals surface area contributed by atoms with E-state index >= 15 is 0 Å². The molecule has 1 atom stereocenters. The fraction of sp³-hybridized carbons (Fsp3) is 0.250. The van der Waals surface area contributed by atoms with E-state index in [4.69, 9.17) is 0 Å². The van der Waals surface area contributed by atoms with Crippen LogP contribution < -0.4 is 0 Å². The molecule has 3 rings (SSSR count). The molecule has 0 spiro atoms. The summed E-state index contributed by atoms with van der Waals surface area (Å²) in [5.74, 6) is 0.115. The first-order valence-corrected chi connectivity index (χ1v) is 9.25. The summed E-state index contributed by atoms with van der Waals surface area (Å²) in [6.07, 6.45) is 2.50. The van der Waals surface area contributed by atoms with E-state index in [1.807, 2.05) is 49.4 Å². The van der Waals surface area contributed by atoms with Crippen LogP contribution in [0.1, 0.15) is 30.0 Å². The zero-order chi connectivity index (χ0) is 17.6. The van der Waals surface area contributed by atoms with Crippen molar-refractivity contribution in [2.45, 2.75) is 32.1 Å². The van der Waals surface area contributed by atoms with Crippen LogP contribution in [0, 0.1) is 6.92 Å². The molecule has 0 unspecified atom stereocenters. The molecule has 0 aromatic heterocycles. The van der Waals surface area contributed by atoms with Gasteiger partial charge in [0.15, 0.2) is 5.17 Å². The van der Waals surface area contributed by atoms with Gasteiger partial charge >= 0.3 is 0 Å². The number of nitrogens with zero attached hydrogens (tertiary/aromatic N) is 3. The summed E-state index contributed by atoms with van der Waals surface area (Å²) in [5.41, 5.74) is 3.29. The summed E-state index contributed by atoms with van der Waals surface area (Å²) in [6.45, 7) is 4.62. The molecule has 5 heteroatoms. The van der Waals surface area contributed by atoms with E-state index in [0.717, 1.165) is 17.5 Å². The summed E-state index contributed by atoms with van der Waals surface area (Å²) in [6, 6.07) is 17.9. The quantitative estimate of drug-likeness (QED) is 0.597. The van der Waals surface area contributed by atoms with Gasteiger partial charge in [-0.2, -0.15) is 5.10 Å². The largest absolute Gasteiger partial charge is 0.284 e. The lowest BCUT2D eigenvalue weighted by atomic mass is 10.1. The molecule has 0 N–H and O–H groups in total. The van der Waals surface area contributed by atoms with Gasteiger partial charge in [0, 0.05) is 0 Å². The van der Waals surface area contributed by atoms with Crippen molar-refractivity contribution in [3.63, 3.8) is 0 Å². The summed E-state index contributed by atoms with van der Waals surface area (Å²) in [5, 5.41) is 9.12. The number of carbonyl (C=O) groups is 1. The molecule has 0 saturated carbocycles. The highest BCUT2D eigenvalue weighted by molar-refractivity contribution is 8.15. The molecule has 128 valence electrons. The molecule has 0 aliphatic carbocycles. The molecular formula is C20H21N3OS. The van der Waals surface area contributed by atoms with Gasteiger partial charge in [0.25, 0.3) is 0 Å². The van der Waals surface area contributed by atoms with Gasteiger partial charge in [0.05, 0.1) is 18.0 Å². The topological polar surface area (TPSA) is 45.0 Å². The molecular weight excluding hydrogens is 330 g/mol. The van der Waals surface area contributed by atoms with E-state index in [-0.39, 0.29) is 11.2 Å². The van der Waals surface area contributed by atoms with E-state index in [1.165, 1.54) is 17.3 Å². The zero-order valence-corrected chi connectivity index (χ0v) is 15.2. The predicted octanol–water partition coefficient (Wildman–Crippen LogP) is 4.24. The first-order valence-electron chi connectivity index (χ1n) is 8.37. The number of amides is 1. The molecule has 0 bridgehead atoms. The minimum atomic E-state index is -0.0744. The minimum absolute atomic E-state index is 0.0744. The van der Waals surface area contributed by atoms with Gasteiger partial charge in [-0.1, -0.05) is 73.3 Å². The van der Waals surface area contributed by atoms with Gasteiger partial charge < -0.3 is 0 Å². The van der Waals surface area contributed by atoms with Crippen LogP contribution in [-0.4, -0.2) is 27.4 Å². The Morgan fingerprint density at radius 3 is 2.56 bits per heavy atom. The van der Waals surface area contributed by atoms with Gasteiger partial charge in [0.2, 0.25) is 5.91 Å². The number of hydrogen-bond acceptors (Lipinski definition) is 4. The second kappa shape index (κ2) is 8.12. The van der Waals surface area contributed by atoms with E-state index in [9.17, 15) is 4.79 Å². The predicted molar refractivity (Wildman–Crippen MR) is 105 cm³/mol. The summed E-state index contributed by atoms with van der Waals surface area (Å²) in [4.78, 5) is 14.4. The molecule has 4 nitrogen and oxygen atoms in total. The van der Waals surface area contributed by atoms with Crippen LogP contribution in [0.3, 0.4) is 0 Å². The van der Waals surface area contributed by atoms with E-state index in [2.05, 4.69) is 29.3 Å². The zero-order valence-electron chi connectivity index (χ0n) is 14.4. The normalized spacial score (nSPS) is 19.3. The van der Waals surface area contributed by atoms with Crippen LogP contribution in [-0.2, 0) is 11.3 Å². The van der Waals surface area contributed by atoms with Crippen LogP contribution in [0.25, 0.3) is 0 Å². The SMILES string of the molecule is CC[C@@H]1S/C(=N/N=C\c2ccccc2)N(Cc2ccccc2C)C1=O. The molecule has 1 heterocycles. The highest BCUT2D eigenvalue weighted by atomic mass is 32.2. The highest BCUT2D eigenvalue weighted by Gasteiger charge is 2.37. The van der Waals surface area contributed by atoms with E-state index in [1.54, 1.807) is 11.1 Å². The molecule has 1 saturated heterocycles. The Bertz CT molecular complexity index is 802. The number of benzene rings is 2. The number of carbonyl (C=O) groups excluding carboxylic acids is 1. The van der Waals surface area contributed by atoms with Crippen LogP contribution in [0.2, 0.25) is 0 Å². The molecule has 2 aromatic carbocycles. The fourth-order valence-corrected chi connectivity index (χ4v) is 3.66. The van der Waals surface area contributed by atoms with Crippen molar-refractivity contribution in [2.75, 3.05) is 0 Å². The number of amidine groups is 1. The summed E-state index contributed by atoms with van der Waals surface area (Å²) < 4.78 is 0. The molecule has 1 fully saturated rings. The molecule has 25 heavy (non-hydrogen) atoms. The average molecular weight is 351 g/mol. The van der Waals surface area contributed by atoms with Crippen LogP contribution in [0.15, 0.2) is 64.8 Å². The van der Waals surface area contributed by atoms with E-state index in [0.29, 0.717) is 11.7 Å². The number of thioether (sulfide) groups is 1. The van der Waals surface area contributed by atoms with Crippen LogP contribution in [0.5, 0.6) is 0 Å². The Balaban J connectivity index is 1.82. The van der Waals surface area contributed by atoms with Crippen molar-refractivity contribution in [1.82, 2.24) is 4.90 Å². The maximum absolute atomic E-state index is 12.7. The number of hydrogen-bond donors (Lipinski definition) is 0. The first kappa shape index (κ1) is 17.4. The van der Waals surface area contributed by atoms with Gasteiger partial charge in [0.1, 0.15) is 0 Å². The summed E-state index contributed by atoms with van der Waals surface area (Å²) >= 11 is 1.50. The highest BCUT2D eigenvalue weighted by Crippen LogP contribution is 2.31. The minimum Gasteiger partial charge on any atom is -0.284 e. The third-order valence-electron chi connectivity index (χ3n) is 4.13. The van der Waals surface area contributed by atoms with Gasteiger partial charge in [-0.3, -0.25) is 9.69 Å². The third kappa shape index (κ3) is 4.17. The maximum Gasteiger partial charge on any atom is 0.242 e. The lowest BCUT2D eigenvalue weighted by Crippen LogP contribution is -2.31. The Labute approximate surface area is 152 Å². The molecule has 1 aliphatic heterocycles. The van der Waals surface area contributed by atoms with Gasteiger partial charge in [-0.15, -0.1) is 5.10 Å². The van der Waals surface area contributed by atoms with Crippen molar-refractivity contribution in [2.24, 2.45) is 10.2 Å². The Hall–Kier alpha value is -2.40. The number of aryl methyl sites for hydroxylation is 1. The fourth-order valence-electron chi connectivity index (χ4n) is 2.63. The third-order valence-corrected chi connectivity index (χ3v) is 5.46. The maximum atomic E-state index is 12.7. The van der Waals surface area contributed by atoms with Crippen molar-refractivity contribution in [3.8, 4) is 0 Å². The van der Waals surface area contributed by atoms with Gasteiger partial charge in [-0.25, -0.2) is 0 Å². The molecule has 1 amide bonds. The lowest BCUT2D eigenvalue weighted by Gasteiger charge is -2.17. The number of rotatable bonds is 5. The average Bonchev–Trinajstić information content (AvgIpc) is 2.93. The monoisotopic (exact) mass is 351 g/mol. The smallest absolute Gasteiger partial charge is 0.242 e. The molecule has 2 aromatic rings. The van der Waals surface area contributed by atoms with Gasteiger partial charge in [-0.05, 0) is 30.0 Å². The van der Waals surface area contributed by atoms with Crippen molar-refractivity contribution in [1.29, 1.82) is 0 Å². The Kier molecular flexibility index (Phi) is 5.66. The van der Waals surface area contributed by atoms with Crippen molar-refractivity contribution in [3.05, 3.63) is 71.3 Å². The summed E-state index contributed by atoms with van der Waals surface area (Å²) in [7, 11) is 0. The Morgan fingerprint density at radius 1 is 1.12 bits per heavy atom. The first-order chi connectivity index (χ1) is 12.2. The van der Waals surface area contributed by atoms with Crippen LogP contribution >= 0.6 is 11.8 Å². The Morgan fingerprint density at radius 2 is 1.84 bits per heavy atom. The van der Waals surface area contributed by atoms with Crippen molar-refractivity contribution >= 4 is 29.1 Å². The lowest BCUT2D eigenvalue weighted by molar-refractivity contribution is -0.126. The van der Waals surface area contributed by atoms with Crippen molar-refractivity contribution < 1.29 is 4.79 Å². The second-order valence-corrected chi connectivity index (χ2v) is 7.07. The molecule has 0 radical (unpaired) electrons. The van der Waals surface area contributed by atoms with E-state index < -0.39 is 0 Å². The second-order valence-electron chi connectivity index (χ2n) is 5.90. The standard InChI is InChI=1S/C20H21N3OS/c1-3-18-19(24)23(14-17-12-8-7-9-15(17)2)20(25-18)22-21-13-16-10-5-4-6-11-16/h4-13,18H,3,14H2,1-2H3/b21-13-,22-20+/t18-/m0/s1.